The van der Waals surface area contributed by atoms with Crippen molar-refractivity contribution in [3.05, 3.63) is 11.6 Å². The molecule has 20 heavy (non-hydrogen) atoms. The van der Waals surface area contributed by atoms with E-state index in [1.54, 1.807) is 0 Å². The highest BCUT2D eigenvalue weighted by molar-refractivity contribution is 5.85. The van der Waals surface area contributed by atoms with E-state index in [1.165, 1.54) is 12.0 Å². The van der Waals surface area contributed by atoms with Crippen molar-refractivity contribution < 1.29 is 9.53 Å². The van der Waals surface area contributed by atoms with E-state index in [2.05, 4.69) is 13.0 Å². The Morgan fingerprint density at radius 1 is 1.50 bits per heavy atom. The molecule has 0 bridgehead atoms. The lowest BCUT2D eigenvalue weighted by Gasteiger charge is -2.51. The number of esters is 1. The van der Waals surface area contributed by atoms with Crippen LogP contribution < -0.4 is 5.73 Å². The average Bonchev–Trinajstić information content (AvgIpc) is 2.62. The number of nitrogens with two attached hydrogens (primary N) is 1. The van der Waals surface area contributed by atoms with Crippen LogP contribution in [0, 0.1) is 17.3 Å². The number of halogens is 1. The normalized spacial score (nSPS) is 31.8. The van der Waals surface area contributed by atoms with E-state index in [4.69, 9.17) is 10.5 Å². The van der Waals surface area contributed by atoms with Crippen molar-refractivity contribution in [2.75, 3.05) is 6.54 Å². The Kier molecular flexibility index (Phi) is 5.31. The minimum atomic E-state index is -0.407. The van der Waals surface area contributed by atoms with Crippen LogP contribution in [-0.4, -0.2) is 18.1 Å². The van der Waals surface area contributed by atoms with Crippen molar-refractivity contribution in [2.45, 2.75) is 59.0 Å². The number of hydrogen-bond acceptors (Lipinski definition) is 3. The van der Waals surface area contributed by atoms with Gasteiger partial charge in [0.25, 0.3) is 0 Å². The third-order valence-corrected chi connectivity index (χ3v) is 4.60. The smallest absolute Gasteiger partial charge is 0.306 e. The van der Waals surface area contributed by atoms with Gasteiger partial charge in [-0.2, -0.15) is 0 Å². The molecule has 0 heterocycles. The Hall–Kier alpha value is -0.540. The van der Waals surface area contributed by atoms with Gasteiger partial charge < -0.3 is 10.5 Å². The fourth-order valence-electron chi connectivity index (χ4n) is 3.70. The summed E-state index contributed by atoms with van der Waals surface area (Å²) in [7, 11) is 0. The number of carbonyl (C=O) groups is 1. The number of allylic oxidation sites excluding steroid dienone is 2. The summed E-state index contributed by atoms with van der Waals surface area (Å²) in [6.07, 6.45) is 6.26. The largest absolute Gasteiger partial charge is 0.460 e. The summed E-state index contributed by atoms with van der Waals surface area (Å²) in [6.45, 7) is 8.52. The summed E-state index contributed by atoms with van der Waals surface area (Å²) in [5.41, 5.74) is 7.08. The summed E-state index contributed by atoms with van der Waals surface area (Å²) in [5.74, 6) is 1.12. The van der Waals surface area contributed by atoms with Crippen LogP contribution in [0.25, 0.3) is 0 Å². The first-order chi connectivity index (χ1) is 8.79. The molecule has 0 saturated heterocycles. The van der Waals surface area contributed by atoms with Crippen LogP contribution in [0.15, 0.2) is 11.6 Å². The molecule has 0 radical (unpaired) electrons. The highest BCUT2D eigenvalue weighted by atomic mass is 35.5. The highest BCUT2D eigenvalue weighted by Gasteiger charge is 2.55. The van der Waals surface area contributed by atoms with Crippen LogP contribution in [0.3, 0.4) is 0 Å². The molecule has 2 rings (SSSR count). The van der Waals surface area contributed by atoms with Gasteiger partial charge in [0.1, 0.15) is 5.60 Å². The van der Waals surface area contributed by atoms with Gasteiger partial charge in [0.15, 0.2) is 0 Å². The Labute approximate surface area is 128 Å². The quantitative estimate of drug-likeness (QED) is 0.639. The first-order valence-corrected chi connectivity index (χ1v) is 7.41. The van der Waals surface area contributed by atoms with Gasteiger partial charge in [-0.3, -0.25) is 4.79 Å². The molecule has 0 aliphatic heterocycles. The van der Waals surface area contributed by atoms with E-state index < -0.39 is 5.60 Å². The van der Waals surface area contributed by atoms with Gasteiger partial charge in [0.05, 0.1) is 6.42 Å². The molecule has 0 aromatic carbocycles. The predicted molar refractivity (Wildman–Crippen MR) is 83.8 cm³/mol. The SMILES string of the molecule is CCC1=C[C@H]2[C@@H](C1)C[C@@]2(CN)CC(=O)OC(C)(C)C.Cl. The average molecular weight is 302 g/mol. The zero-order chi connectivity index (χ0) is 14.3. The molecule has 0 unspecified atom stereocenters. The van der Waals surface area contributed by atoms with Gasteiger partial charge >= 0.3 is 5.97 Å². The second kappa shape index (κ2) is 6.07. The molecule has 0 spiro atoms. The van der Waals surface area contributed by atoms with Crippen molar-refractivity contribution in [1.29, 1.82) is 0 Å². The lowest BCUT2D eigenvalue weighted by atomic mass is 9.53. The van der Waals surface area contributed by atoms with E-state index in [9.17, 15) is 4.79 Å². The second-order valence-electron chi connectivity index (χ2n) is 7.20. The van der Waals surface area contributed by atoms with Crippen LogP contribution in [0.5, 0.6) is 0 Å². The third-order valence-electron chi connectivity index (χ3n) is 4.60. The highest BCUT2D eigenvalue weighted by Crippen LogP contribution is 2.59. The summed E-state index contributed by atoms with van der Waals surface area (Å²) in [5, 5.41) is 0. The van der Waals surface area contributed by atoms with Gasteiger partial charge in [0, 0.05) is 0 Å². The van der Waals surface area contributed by atoms with Gasteiger partial charge in [-0.15, -0.1) is 12.4 Å². The van der Waals surface area contributed by atoms with E-state index in [-0.39, 0.29) is 23.8 Å². The molecule has 0 amide bonds. The minimum absolute atomic E-state index is 0. The van der Waals surface area contributed by atoms with E-state index in [0.29, 0.717) is 18.9 Å². The molecule has 3 nitrogen and oxygen atoms in total. The first-order valence-electron chi connectivity index (χ1n) is 7.41. The van der Waals surface area contributed by atoms with Crippen molar-refractivity contribution in [2.24, 2.45) is 23.0 Å². The van der Waals surface area contributed by atoms with Crippen LogP contribution in [0.1, 0.15) is 53.4 Å². The number of fused-ring (bicyclic) bond motifs is 1. The van der Waals surface area contributed by atoms with Crippen LogP contribution in [0.4, 0.5) is 0 Å². The Morgan fingerprint density at radius 3 is 2.65 bits per heavy atom. The molecule has 3 atom stereocenters. The van der Waals surface area contributed by atoms with Gasteiger partial charge in [0.2, 0.25) is 0 Å². The van der Waals surface area contributed by atoms with Gasteiger partial charge in [-0.25, -0.2) is 0 Å². The van der Waals surface area contributed by atoms with Gasteiger partial charge in [-0.05, 0) is 63.8 Å². The molecular weight excluding hydrogens is 274 g/mol. The molecule has 1 fully saturated rings. The first kappa shape index (κ1) is 17.5. The maximum Gasteiger partial charge on any atom is 0.306 e. The van der Waals surface area contributed by atoms with Crippen molar-refractivity contribution in [3.8, 4) is 0 Å². The maximum absolute atomic E-state index is 12.1. The molecule has 2 aliphatic carbocycles. The number of hydrogen-bond donors (Lipinski definition) is 1. The standard InChI is InChI=1S/C16H27NO2.ClH/c1-5-11-6-12-8-16(10-17,13(12)7-11)9-14(18)19-15(2,3)4;/h7,12-13H,5-6,8-10,17H2,1-4H3;1H/t12-,13-,16-;/m0./s1. The van der Waals surface area contributed by atoms with Crippen LogP contribution in [-0.2, 0) is 9.53 Å². The number of carbonyl (C=O) groups excluding carboxylic acids is 1. The summed E-state index contributed by atoms with van der Waals surface area (Å²) >= 11 is 0. The lowest BCUT2D eigenvalue weighted by Crippen LogP contribution is -2.51. The third kappa shape index (κ3) is 3.37. The van der Waals surface area contributed by atoms with Crippen LogP contribution in [0.2, 0.25) is 0 Å². The van der Waals surface area contributed by atoms with E-state index >= 15 is 0 Å². The Balaban J connectivity index is 0.00000200. The van der Waals surface area contributed by atoms with E-state index in [1.807, 2.05) is 20.8 Å². The summed E-state index contributed by atoms with van der Waals surface area (Å²) in [4.78, 5) is 12.1. The zero-order valence-electron chi connectivity index (χ0n) is 13.1. The van der Waals surface area contributed by atoms with Crippen LogP contribution >= 0.6 is 12.4 Å². The van der Waals surface area contributed by atoms with Crippen molar-refractivity contribution >= 4 is 18.4 Å². The predicted octanol–water partition coefficient (Wildman–Crippen LogP) is 3.46. The fourth-order valence-corrected chi connectivity index (χ4v) is 3.70. The molecule has 2 N–H and O–H groups in total. The number of ether oxygens (including phenoxy) is 1. The summed E-state index contributed by atoms with van der Waals surface area (Å²) < 4.78 is 5.46. The van der Waals surface area contributed by atoms with E-state index in [0.717, 1.165) is 18.8 Å². The number of rotatable bonds is 4. The zero-order valence-corrected chi connectivity index (χ0v) is 13.9. The Morgan fingerprint density at radius 2 is 2.15 bits per heavy atom. The summed E-state index contributed by atoms with van der Waals surface area (Å²) in [6, 6.07) is 0. The topological polar surface area (TPSA) is 52.3 Å². The molecule has 0 aromatic rings. The molecule has 116 valence electrons. The van der Waals surface area contributed by atoms with Crippen molar-refractivity contribution in [3.63, 3.8) is 0 Å². The Bertz CT molecular complexity index is 400. The minimum Gasteiger partial charge on any atom is -0.460 e. The molecule has 1 saturated carbocycles. The second-order valence-corrected chi connectivity index (χ2v) is 7.20. The molecule has 2 aliphatic rings. The molecule has 4 heteroatoms. The monoisotopic (exact) mass is 301 g/mol. The fraction of sp³-hybridized carbons (Fsp3) is 0.812. The van der Waals surface area contributed by atoms with Gasteiger partial charge in [-0.1, -0.05) is 18.6 Å². The van der Waals surface area contributed by atoms with Crippen molar-refractivity contribution in [1.82, 2.24) is 0 Å². The lowest BCUT2D eigenvalue weighted by molar-refractivity contribution is -0.162. The molecular formula is C16H28ClNO2. The maximum atomic E-state index is 12.1. The molecule has 0 aromatic heterocycles.